The molecule has 0 atom stereocenters. The van der Waals surface area contributed by atoms with Gasteiger partial charge in [-0.05, 0) is 52.7 Å². The van der Waals surface area contributed by atoms with E-state index in [-0.39, 0.29) is 5.91 Å². The van der Waals surface area contributed by atoms with Gasteiger partial charge in [0.2, 0.25) is 0 Å². The molecule has 0 bridgehead atoms. The highest BCUT2D eigenvalue weighted by molar-refractivity contribution is 9.10. The van der Waals surface area contributed by atoms with Crippen molar-refractivity contribution in [2.75, 3.05) is 11.1 Å². The molecule has 0 heterocycles. The van der Waals surface area contributed by atoms with E-state index >= 15 is 0 Å². The van der Waals surface area contributed by atoms with Crippen molar-refractivity contribution in [2.24, 2.45) is 0 Å². The zero-order valence-corrected chi connectivity index (χ0v) is 13.4. The lowest BCUT2D eigenvalue weighted by Gasteiger charge is -2.11. The summed E-state index contributed by atoms with van der Waals surface area (Å²) in [6.07, 6.45) is 0. The predicted molar refractivity (Wildman–Crippen MR) is 85.4 cm³/mol. The highest BCUT2D eigenvalue weighted by atomic mass is 79.9. The van der Waals surface area contributed by atoms with Crippen molar-refractivity contribution in [3.8, 4) is 0 Å². The Balaban J connectivity index is 2.33. The molecule has 0 aliphatic carbocycles. The average molecular weight is 384 g/mol. The molecular formula is C14H12Br2N2O. The average Bonchev–Trinajstić information content (AvgIpc) is 2.36. The third-order valence-corrected chi connectivity index (χ3v) is 3.93. The van der Waals surface area contributed by atoms with Gasteiger partial charge in [0.15, 0.2) is 0 Å². The Hall–Kier alpha value is -1.33. The number of halogens is 2. The van der Waals surface area contributed by atoms with Crippen LogP contribution in [0.5, 0.6) is 0 Å². The van der Waals surface area contributed by atoms with Crippen LogP contribution in [0.15, 0.2) is 45.3 Å². The van der Waals surface area contributed by atoms with Crippen LogP contribution in [0.1, 0.15) is 15.9 Å². The maximum atomic E-state index is 12.3. The van der Waals surface area contributed by atoms with Crippen LogP contribution in [0.3, 0.4) is 0 Å². The monoisotopic (exact) mass is 382 g/mol. The molecule has 0 saturated heterocycles. The number of nitrogen functional groups attached to an aromatic ring is 1. The number of nitrogens with two attached hydrogens (primary N) is 1. The number of rotatable bonds is 2. The van der Waals surface area contributed by atoms with E-state index in [0.29, 0.717) is 11.3 Å². The first-order chi connectivity index (χ1) is 8.99. The van der Waals surface area contributed by atoms with E-state index < -0.39 is 0 Å². The summed E-state index contributed by atoms with van der Waals surface area (Å²) in [7, 11) is 0. The summed E-state index contributed by atoms with van der Waals surface area (Å²) in [6, 6.07) is 11.0. The van der Waals surface area contributed by atoms with Gasteiger partial charge in [0.05, 0.1) is 5.69 Å². The first kappa shape index (κ1) is 14.1. The van der Waals surface area contributed by atoms with Crippen LogP contribution in [-0.4, -0.2) is 5.91 Å². The first-order valence-corrected chi connectivity index (χ1v) is 7.19. The Kier molecular flexibility index (Phi) is 4.27. The third-order valence-electron chi connectivity index (χ3n) is 2.78. The molecule has 0 fully saturated rings. The van der Waals surface area contributed by atoms with Crippen LogP contribution in [0.2, 0.25) is 0 Å². The summed E-state index contributed by atoms with van der Waals surface area (Å²) in [6.45, 7) is 1.83. The fourth-order valence-corrected chi connectivity index (χ4v) is 2.55. The predicted octanol–water partition coefficient (Wildman–Crippen LogP) is 4.35. The number of hydrogen-bond donors (Lipinski definition) is 2. The van der Waals surface area contributed by atoms with Gasteiger partial charge in [0.25, 0.3) is 5.91 Å². The molecule has 2 rings (SSSR count). The minimum Gasteiger partial charge on any atom is -0.398 e. The molecule has 2 aromatic rings. The molecule has 0 aliphatic rings. The second-order valence-corrected chi connectivity index (χ2v) is 5.87. The van der Waals surface area contributed by atoms with Crippen molar-refractivity contribution >= 4 is 49.1 Å². The highest BCUT2D eigenvalue weighted by Gasteiger charge is 2.13. The zero-order valence-electron chi connectivity index (χ0n) is 10.2. The number of hydrogen-bond acceptors (Lipinski definition) is 2. The number of carbonyl (C=O) groups is 1. The highest BCUT2D eigenvalue weighted by Crippen LogP contribution is 2.26. The van der Waals surface area contributed by atoms with E-state index in [2.05, 4.69) is 37.2 Å². The molecule has 3 N–H and O–H groups in total. The van der Waals surface area contributed by atoms with E-state index in [9.17, 15) is 4.79 Å². The van der Waals surface area contributed by atoms with Crippen LogP contribution < -0.4 is 11.1 Å². The van der Waals surface area contributed by atoms with E-state index in [4.69, 9.17) is 5.73 Å². The van der Waals surface area contributed by atoms with Crippen molar-refractivity contribution in [3.05, 3.63) is 56.5 Å². The van der Waals surface area contributed by atoms with E-state index in [1.54, 1.807) is 12.1 Å². The summed E-state index contributed by atoms with van der Waals surface area (Å²) in [4.78, 5) is 12.3. The van der Waals surface area contributed by atoms with Gasteiger partial charge < -0.3 is 11.1 Å². The van der Waals surface area contributed by atoms with Crippen LogP contribution >= 0.6 is 31.9 Å². The smallest absolute Gasteiger partial charge is 0.256 e. The molecule has 0 spiro atoms. The van der Waals surface area contributed by atoms with Crippen molar-refractivity contribution in [1.29, 1.82) is 0 Å². The van der Waals surface area contributed by atoms with Gasteiger partial charge in [-0.3, -0.25) is 4.79 Å². The van der Waals surface area contributed by atoms with Crippen molar-refractivity contribution in [1.82, 2.24) is 0 Å². The van der Waals surface area contributed by atoms with Crippen molar-refractivity contribution < 1.29 is 4.79 Å². The topological polar surface area (TPSA) is 55.1 Å². The lowest BCUT2D eigenvalue weighted by molar-refractivity contribution is 0.102. The number of nitrogens with one attached hydrogen (secondary N) is 1. The molecule has 98 valence electrons. The molecule has 19 heavy (non-hydrogen) atoms. The first-order valence-electron chi connectivity index (χ1n) is 5.60. The number of benzene rings is 2. The fourth-order valence-electron chi connectivity index (χ4n) is 1.69. The largest absolute Gasteiger partial charge is 0.398 e. The minimum atomic E-state index is -0.183. The fraction of sp³-hybridized carbons (Fsp3) is 0.0714. The van der Waals surface area contributed by atoms with Crippen molar-refractivity contribution in [2.45, 2.75) is 6.92 Å². The lowest BCUT2D eigenvalue weighted by Crippen LogP contribution is -2.14. The molecule has 5 heteroatoms. The van der Waals surface area contributed by atoms with Gasteiger partial charge in [-0.15, -0.1) is 0 Å². The van der Waals surface area contributed by atoms with Crippen LogP contribution in [-0.2, 0) is 0 Å². The van der Waals surface area contributed by atoms with Gasteiger partial charge in [0, 0.05) is 20.2 Å². The molecule has 1 amide bonds. The van der Waals surface area contributed by atoms with Gasteiger partial charge in [-0.1, -0.05) is 28.1 Å². The third kappa shape index (κ3) is 3.16. The Morgan fingerprint density at radius 3 is 2.58 bits per heavy atom. The molecule has 0 radical (unpaired) electrons. The second-order valence-electron chi connectivity index (χ2n) is 4.10. The summed E-state index contributed by atoms with van der Waals surface area (Å²) < 4.78 is 1.62. The number of carbonyl (C=O) groups excluding carboxylic acids is 1. The van der Waals surface area contributed by atoms with Crippen LogP contribution in [0, 0.1) is 6.92 Å². The second kappa shape index (κ2) is 5.75. The summed E-state index contributed by atoms with van der Waals surface area (Å²) in [5.41, 5.74) is 8.51. The Morgan fingerprint density at radius 1 is 1.21 bits per heavy atom. The van der Waals surface area contributed by atoms with Crippen LogP contribution in [0.25, 0.3) is 0 Å². The molecule has 0 unspecified atom stereocenters. The number of amides is 1. The zero-order chi connectivity index (χ0) is 14.0. The number of para-hydroxylation sites is 1. The SMILES string of the molecule is Cc1c(N)cc(Br)cc1C(=O)Nc1ccccc1Br. The van der Waals surface area contributed by atoms with Crippen LogP contribution in [0.4, 0.5) is 11.4 Å². The molecule has 0 aromatic heterocycles. The van der Waals surface area contributed by atoms with Gasteiger partial charge >= 0.3 is 0 Å². The van der Waals surface area contributed by atoms with Gasteiger partial charge in [0.1, 0.15) is 0 Å². The summed E-state index contributed by atoms with van der Waals surface area (Å²) >= 11 is 6.74. The maximum Gasteiger partial charge on any atom is 0.256 e. The van der Waals surface area contributed by atoms with Gasteiger partial charge in [-0.25, -0.2) is 0 Å². The normalized spacial score (nSPS) is 10.3. The lowest BCUT2D eigenvalue weighted by atomic mass is 10.1. The molecule has 3 nitrogen and oxygen atoms in total. The van der Waals surface area contributed by atoms with E-state index in [0.717, 1.165) is 20.2 Å². The minimum absolute atomic E-state index is 0.183. The van der Waals surface area contributed by atoms with Crippen molar-refractivity contribution in [3.63, 3.8) is 0 Å². The Bertz CT molecular complexity index is 641. The summed E-state index contributed by atoms with van der Waals surface area (Å²) in [5, 5.41) is 2.86. The quantitative estimate of drug-likeness (QED) is 0.757. The molecule has 2 aromatic carbocycles. The standard InChI is InChI=1S/C14H12Br2N2O/c1-8-10(6-9(15)7-12(8)17)14(19)18-13-5-3-2-4-11(13)16/h2-7H,17H2,1H3,(H,18,19). The Labute approximate surface area is 128 Å². The van der Waals surface area contributed by atoms with E-state index in [1.165, 1.54) is 0 Å². The van der Waals surface area contributed by atoms with Gasteiger partial charge in [-0.2, -0.15) is 0 Å². The molecule has 0 saturated carbocycles. The molecule has 0 aliphatic heterocycles. The number of anilines is 2. The van der Waals surface area contributed by atoms with E-state index in [1.807, 2.05) is 31.2 Å². The summed E-state index contributed by atoms with van der Waals surface area (Å²) in [5.74, 6) is -0.183. The Morgan fingerprint density at radius 2 is 1.89 bits per heavy atom. The maximum absolute atomic E-state index is 12.3. The molecular weight excluding hydrogens is 372 g/mol.